The van der Waals surface area contributed by atoms with E-state index in [-0.39, 0.29) is 0 Å². The molecule has 2 rings (SSSR count). The lowest BCUT2D eigenvalue weighted by Gasteiger charge is -2.17. The van der Waals surface area contributed by atoms with E-state index in [0.717, 1.165) is 19.4 Å². The second-order valence-corrected chi connectivity index (χ2v) is 6.10. The van der Waals surface area contributed by atoms with Crippen LogP contribution in [0, 0.1) is 6.92 Å². The summed E-state index contributed by atoms with van der Waals surface area (Å²) in [4.78, 5) is 2.93. The molecule has 0 aliphatic heterocycles. The van der Waals surface area contributed by atoms with Crippen LogP contribution in [0.15, 0.2) is 36.4 Å². The molecule has 0 fully saturated rings. The van der Waals surface area contributed by atoms with E-state index in [4.69, 9.17) is 0 Å². The van der Waals surface area contributed by atoms with Gasteiger partial charge in [-0.05, 0) is 49.6 Å². The summed E-state index contributed by atoms with van der Waals surface area (Å²) in [5, 5.41) is 3.62. The van der Waals surface area contributed by atoms with Crippen LogP contribution in [-0.2, 0) is 12.8 Å². The molecule has 0 aliphatic carbocycles. The van der Waals surface area contributed by atoms with Crippen molar-refractivity contribution in [2.75, 3.05) is 6.54 Å². The molecule has 1 aromatic heterocycles. The Labute approximate surface area is 120 Å². The molecule has 0 aliphatic rings. The zero-order valence-corrected chi connectivity index (χ0v) is 12.9. The zero-order chi connectivity index (χ0) is 13.7. The van der Waals surface area contributed by atoms with Crippen LogP contribution < -0.4 is 5.32 Å². The zero-order valence-electron chi connectivity index (χ0n) is 12.1. The summed E-state index contributed by atoms with van der Waals surface area (Å²) in [5.41, 5.74) is 2.83. The molecule has 1 unspecified atom stereocenters. The third kappa shape index (κ3) is 3.68. The molecule has 1 nitrogen and oxygen atoms in total. The molecule has 0 bridgehead atoms. The molecule has 102 valence electrons. The number of likely N-dealkylation sites (N-methyl/N-ethyl adjacent to an activating group) is 1. The molecular formula is C17H23NS. The Kier molecular flexibility index (Phi) is 5.17. The number of hydrogen-bond donors (Lipinski definition) is 1. The van der Waals surface area contributed by atoms with Gasteiger partial charge in [-0.15, -0.1) is 11.3 Å². The molecule has 0 saturated carbocycles. The van der Waals surface area contributed by atoms with E-state index in [9.17, 15) is 0 Å². The van der Waals surface area contributed by atoms with Crippen LogP contribution in [0.2, 0.25) is 0 Å². The number of rotatable bonds is 6. The summed E-state index contributed by atoms with van der Waals surface area (Å²) >= 11 is 1.94. The number of benzene rings is 1. The highest BCUT2D eigenvalue weighted by atomic mass is 32.1. The van der Waals surface area contributed by atoms with Gasteiger partial charge in [-0.1, -0.05) is 38.1 Å². The predicted molar refractivity (Wildman–Crippen MR) is 85.0 cm³/mol. The van der Waals surface area contributed by atoms with Crippen LogP contribution in [0.5, 0.6) is 0 Å². The van der Waals surface area contributed by atoms with Crippen molar-refractivity contribution in [3.63, 3.8) is 0 Å². The van der Waals surface area contributed by atoms with Gasteiger partial charge in [0.1, 0.15) is 0 Å². The fourth-order valence-electron chi connectivity index (χ4n) is 2.35. The summed E-state index contributed by atoms with van der Waals surface area (Å²) in [7, 11) is 0. The lowest BCUT2D eigenvalue weighted by molar-refractivity contribution is 0.557. The Morgan fingerprint density at radius 1 is 1.11 bits per heavy atom. The van der Waals surface area contributed by atoms with Gasteiger partial charge in [-0.2, -0.15) is 0 Å². The average Bonchev–Trinajstić information content (AvgIpc) is 2.89. The number of aryl methyl sites for hydroxylation is 2. The maximum absolute atomic E-state index is 3.62. The normalized spacial score (nSPS) is 12.6. The Morgan fingerprint density at radius 3 is 2.53 bits per heavy atom. The first kappa shape index (κ1) is 14.3. The molecule has 1 N–H and O–H groups in total. The fourth-order valence-corrected chi connectivity index (χ4v) is 3.38. The number of thiophene rings is 1. The highest BCUT2D eigenvalue weighted by molar-refractivity contribution is 7.12. The highest BCUT2D eigenvalue weighted by Gasteiger charge is 2.14. The van der Waals surface area contributed by atoms with E-state index >= 15 is 0 Å². The van der Waals surface area contributed by atoms with Crippen LogP contribution in [0.3, 0.4) is 0 Å². The Morgan fingerprint density at radius 2 is 1.89 bits per heavy atom. The minimum absolute atomic E-state index is 0.441. The standard InChI is InChI=1S/C17H23NS/c1-4-15-10-11-17(19-15)16(18-5-2)12-14-9-7-6-8-13(14)3/h6-11,16,18H,4-5,12H2,1-3H3. The minimum atomic E-state index is 0.441. The number of hydrogen-bond acceptors (Lipinski definition) is 2. The van der Waals surface area contributed by atoms with Crippen LogP contribution in [-0.4, -0.2) is 6.54 Å². The van der Waals surface area contributed by atoms with E-state index in [1.807, 2.05) is 11.3 Å². The molecular weight excluding hydrogens is 250 g/mol. The van der Waals surface area contributed by atoms with Crippen molar-refractivity contribution in [3.05, 3.63) is 57.3 Å². The molecule has 2 heteroatoms. The van der Waals surface area contributed by atoms with Crippen molar-refractivity contribution in [1.29, 1.82) is 0 Å². The van der Waals surface area contributed by atoms with Crippen molar-refractivity contribution < 1.29 is 0 Å². The van der Waals surface area contributed by atoms with E-state index in [1.54, 1.807) is 0 Å². The molecule has 1 aromatic carbocycles. The van der Waals surface area contributed by atoms with Gasteiger partial charge in [0, 0.05) is 15.8 Å². The number of nitrogens with one attached hydrogen (secondary N) is 1. The van der Waals surface area contributed by atoms with Gasteiger partial charge in [0.25, 0.3) is 0 Å². The van der Waals surface area contributed by atoms with Gasteiger partial charge in [-0.3, -0.25) is 0 Å². The fraction of sp³-hybridized carbons (Fsp3) is 0.412. The second-order valence-electron chi connectivity index (χ2n) is 4.90. The third-order valence-electron chi connectivity index (χ3n) is 3.51. The van der Waals surface area contributed by atoms with E-state index in [0.29, 0.717) is 6.04 Å². The topological polar surface area (TPSA) is 12.0 Å². The van der Waals surface area contributed by atoms with Crippen LogP contribution in [0.4, 0.5) is 0 Å². The van der Waals surface area contributed by atoms with Crippen molar-refractivity contribution in [2.45, 2.75) is 39.7 Å². The Hall–Kier alpha value is -1.12. The average molecular weight is 273 g/mol. The Balaban J connectivity index is 2.18. The quantitative estimate of drug-likeness (QED) is 0.816. The largest absolute Gasteiger partial charge is 0.309 e. The molecule has 1 heterocycles. The Bertz CT molecular complexity index is 515. The minimum Gasteiger partial charge on any atom is -0.309 e. The first-order chi connectivity index (χ1) is 9.24. The molecule has 2 aromatic rings. The van der Waals surface area contributed by atoms with Crippen molar-refractivity contribution in [2.24, 2.45) is 0 Å². The summed E-state index contributed by atoms with van der Waals surface area (Å²) < 4.78 is 0. The molecule has 0 saturated heterocycles. The summed E-state index contributed by atoms with van der Waals surface area (Å²) in [6, 6.07) is 13.7. The van der Waals surface area contributed by atoms with Crippen molar-refractivity contribution >= 4 is 11.3 Å². The molecule has 0 radical (unpaired) electrons. The van der Waals surface area contributed by atoms with Gasteiger partial charge >= 0.3 is 0 Å². The van der Waals surface area contributed by atoms with Crippen LogP contribution in [0.25, 0.3) is 0 Å². The first-order valence-electron chi connectivity index (χ1n) is 7.11. The summed E-state index contributed by atoms with van der Waals surface area (Å²) in [6.45, 7) is 7.61. The maximum atomic E-state index is 3.62. The predicted octanol–water partition coefficient (Wildman–Crippen LogP) is 4.51. The lowest BCUT2D eigenvalue weighted by atomic mass is 10.0. The van der Waals surface area contributed by atoms with E-state index in [2.05, 4.69) is 62.5 Å². The smallest absolute Gasteiger partial charge is 0.0455 e. The first-order valence-corrected chi connectivity index (χ1v) is 7.92. The third-order valence-corrected chi connectivity index (χ3v) is 4.85. The summed E-state index contributed by atoms with van der Waals surface area (Å²) in [6.07, 6.45) is 2.21. The monoisotopic (exact) mass is 273 g/mol. The summed E-state index contributed by atoms with van der Waals surface area (Å²) in [5.74, 6) is 0. The maximum Gasteiger partial charge on any atom is 0.0455 e. The lowest BCUT2D eigenvalue weighted by Crippen LogP contribution is -2.22. The van der Waals surface area contributed by atoms with Gasteiger partial charge < -0.3 is 5.32 Å². The van der Waals surface area contributed by atoms with Crippen LogP contribution >= 0.6 is 11.3 Å². The van der Waals surface area contributed by atoms with Crippen molar-refractivity contribution in [3.8, 4) is 0 Å². The van der Waals surface area contributed by atoms with E-state index in [1.165, 1.54) is 20.9 Å². The molecule has 0 spiro atoms. The SMILES string of the molecule is CCNC(Cc1ccccc1C)c1ccc(CC)s1. The molecule has 19 heavy (non-hydrogen) atoms. The molecule has 0 amide bonds. The van der Waals surface area contributed by atoms with Crippen LogP contribution in [0.1, 0.15) is 40.8 Å². The molecule has 1 atom stereocenters. The second kappa shape index (κ2) is 6.88. The van der Waals surface area contributed by atoms with Crippen molar-refractivity contribution in [1.82, 2.24) is 5.32 Å². The van der Waals surface area contributed by atoms with Gasteiger partial charge in [0.05, 0.1) is 0 Å². The highest BCUT2D eigenvalue weighted by Crippen LogP contribution is 2.27. The van der Waals surface area contributed by atoms with Gasteiger partial charge in [0.15, 0.2) is 0 Å². The van der Waals surface area contributed by atoms with Gasteiger partial charge in [0.2, 0.25) is 0 Å². The van der Waals surface area contributed by atoms with E-state index < -0.39 is 0 Å². The van der Waals surface area contributed by atoms with Gasteiger partial charge in [-0.25, -0.2) is 0 Å².